The topological polar surface area (TPSA) is 29.5 Å². The minimum Gasteiger partial charge on any atom is -0.499 e. The zero-order valence-electron chi connectivity index (χ0n) is 8.46. The summed E-state index contributed by atoms with van der Waals surface area (Å²) in [5, 5.41) is 8.38. The van der Waals surface area contributed by atoms with Crippen LogP contribution in [0.5, 0.6) is 0 Å². The van der Waals surface area contributed by atoms with Crippen LogP contribution in [0.3, 0.4) is 0 Å². The molecule has 0 radical (unpaired) electrons. The standard InChI is InChI=1S/C10H20O2.Ti/c1-2-3-4-5-6-7-9-12-10-8-11;/h7,9,11H,2-6,8,10H2,1H3;. The molecule has 0 spiro atoms. The van der Waals surface area contributed by atoms with Gasteiger partial charge in [0.05, 0.1) is 12.9 Å². The van der Waals surface area contributed by atoms with E-state index < -0.39 is 0 Å². The van der Waals surface area contributed by atoms with Crippen molar-refractivity contribution in [3.63, 3.8) is 0 Å². The van der Waals surface area contributed by atoms with Crippen LogP contribution < -0.4 is 0 Å². The molecule has 76 valence electrons. The SMILES string of the molecule is CCCCCCC=COCCO.[Ti]. The van der Waals surface area contributed by atoms with Crippen molar-refractivity contribution in [2.24, 2.45) is 0 Å². The van der Waals surface area contributed by atoms with E-state index in [1.165, 1.54) is 25.7 Å². The number of rotatable bonds is 8. The van der Waals surface area contributed by atoms with E-state index in [4.69, 9.17) is 9.84 Å². The molecule has 0 aliphatic rings. The fraction of sp³-hybridized carbons (Fsp3) is 0.800. The van der Waals surface area contributed by atoms with Crippen molar-refractivity contribution in [3.05, 3.63) is 12.3 Å². The summed E-state index contributed by atoms with van der Waals surface area (Å²) in [6, 6.07) is 0. The Kier molecular flexibility index (Phi) is 17.8. The first-order chi connectivity index (χ1) is 5.91. The van der Waals surface area contributed by atoms with E-state index in [1.807, 2.05) is 6.08 Å². The Balaban J connectivity index is 0. The molecule has 0 aliphatic carbocycles. The number of hydrogen-bond acceptors (Lipinski definition) is 2. The van der Waals surface area contributed by atoms with Gasteiger partial charge in [-0.3, -0.25) is 0 Å². The molecule has 0 bridgehead atoms. The van der Waals surface area contributed by atoms with Gasteiger partial charge in [-0.15, -0.1) is 0 Å². The third-order valence-corrected chi connectivity index (χ3v) is 1.63. The Morgan fingerprint density at radius 2 is 2.00 bits per heavy atom. The Morgan fingerprint density at radius 1 is 1.23 bits per heavy atom. The van der Waals surface area contributed by atoms with Crippen LogP contribution in [0.15, 0.2) is 12.3 Å². The van der Waals surface area contributed by atoms with E-state index in [2.05, 4.69) is 6.92 Å². The third kappa shape index (κ3) is 15.0. The average molecular weight is 220 g/mol. The van der Waals surface area contributed by atoms with Gasteiger partial charge in [0, 0.05) is 21.7 Å². The summed E-state index contributed by atoms with van der Waals surface area (Å²) in [5.74, 6) is 0. The van der Waals surface area contributed by atoms with Crippen molar-refractivity contribution < 1.29 is 31.6 Å². The second-order valence-corrected chi connectivity index (χ2v) is 2.82. The Labute approximate surface area is 96.2 Å². The summed E-state index contributed by atoms with van der Waals surface area (Å²) in [7, 11) is 0. The molecule has 0 rings (SSSR count). The van der Waals surface area contributed by atoms with Crippen molar-refractivity contribution in [3.8, 4) is 0 Å². The molecule has 0 saturated carbocycles. The van der Waals surface area contributed by atoms with E-state index >= 15 is 0 Å². The second-order valence-electron chi connectivity index (χ2n) is 2.82. The number of unbranched alkanes of at least 4 members (excludes halogenated alkanes) is 4. The first kappa shape index (κ1) is 15.7. The molecule has 0 saturated heterocycles. The first-order valence-corrected chi connectivity index (χ1v) is 4.79. The summed E-state index contributed by atoms with van der Waals surface area (Å²) >= 11 is 0. The molecule has 0 aromatic heterocycles. The summed E-state index contributed by atoms with van der Waals surface area (Å²) in [5.41, 5.74) is 0. The fourth-order valence-electron chi connectivity index (χ4n) is 0.946. The van der Waals surface area contributed by atoms with Gasteiger partial charge in [-0.1, -0.05) is 26.2 Å². The van der Waals surface area contributed by atoms with Gasteiger partial charge >= 0.3 is 0 Å². The quantitative estimate of drug-likeness (QED) is 0.387. The van der Waals surface area contributed by atoms with Crippen molar-refractivity contribution >= 4 is 0 Å². The van der Waals surface area contributed by atoms with Gasteiger partial charge in [-0.25, -0.2) is 0 Å². The summed E-state index contributed by atoms with van der Waals surface area (Å²) < 4.78 is 4.96. The van der Waals surface area contributed by atoms with E-state index in [-0.39, 0.29) is 28.3 Å². The van der Waals surface area contributed by atoms with Gasteiger partial charge < -0.3 is 9.84 Å². The predicted octanol–water partition coefficient (Wildman–Crippen LogP) is 2.48. The third-order valence-electron chi connectivity index (χ3n) is 1.63. The molecular formula is C10H20O2Ti. The Morgan fingerprint density at radius 3 is 2.62 bits per heavy atom. The van der Waals surface area contributed by atoms with Gasteiger partial charge in [0.2, 0.25) is 0 Å². The van der Waals surface area contributed by atoms with Crippen molar-refractivity contribution in [2.45, 2.75) is 39.0 Å². The molecule has 0 atom stereocenters. The van der Waals surface area contributed by atoms with Gasteiger partial charge in [0.1, 0.15) is 6.61 Å². The first-order valence-electron chi connectivity index (χ1n) is 4.79. The molecular weight excluding hydrogens is 200 g/mol. The maximum atomic E-state index is 8.38. The zero-order valence-corrected chi connectivity index (χ0v) is 10.0. The van der Waals surface area contributed by atoms with Crippen molar-refractivity contribution in [1.82, 2.24) is 0 Å². The molecule has 3 heteroatoms. The molecule has 0 aromatic carbocycles. The monoisotopic (exact) mass is 220 g/mol. The minimum atomic E-state index is 0. The van der Waals surface area contributed by atoms with Crippen LogP contribution >= 0.6 is 0 Å². The molecule has 0 unspecified atom stereocenters. The smallest absolute Gasteiger partial charge is 0.110 e. The molecule has 1 N–H and O–H groups in total. The summed E-state index contributed by atoms with van der Waals surface area (Å²) in [6.45, 7) is 2.71. The fourth-order valence-corrected chi connectivity index (χ4v) is 0.946. The Hall–Kier alpha value is 0.214. The summed E-state index contributed by atoms with van der Waals surface area (Å²) in [4.78, 5) is 0. The van der Waals surface area contributed by atoms with Crippen molar-refractivity contribution in [2.75, 3.05) is 13.2 Å². The average Bonchev–Trinajstić information content (AvgIpc) is 2.10. The molecule has 0 aliphatic heterocycles. The normalized spacial score (nSPS) is 10.0. The van der Waals surface area contributed by atoms with Crippen LogP contribution in [-0.2, 0) is 26.5 Å². The van der Waals surface area contributed by atoms with E-state index in [0.29, 0.717) is 6.61 Å². The number of aliphatic hydroxyl groups is 1. The Bertz CT molecular complexity index is 105. The molecule has 2 nitrogen and oxygen atoms in total. The maximum absolute atomic E-state index is 8.38. The van der Waals surface area contributed by atoms with Gasteiger partial charge in [-0.2, -0.15) is 0 Å². The van der Waals surface area contributed by atoms with Crippen LogP contribution in [0.25, 0.3) is 0 Å². The molecule has 0 fully saturated rings. The van der Waals surface area contributed by atoms with Gasteiger partial charge in [0.25, 0.3) is 0 Å². The summed E-state index contributed by atoms with van der Waals surface area (Å²) in [6.07, 6.45) is 9.95. The van der Waals surface area contributed by atoms with Crippen LogP contribution in [0, 0.1) is 0 Å². The van der Waals surface area contributed by atoms with E-state index in [0.717, 1.165) is 6.42 Å². The van der Waals surface area contributed by atoms with Gasteiger partial charge in [-0.05, 0) is 18.9 Å². The molecule has 0 aromatic rings. The zero-order chi connectivity index (χ0) is 9.07. The van der Waals surface area contributed by atoms with E-state index in [1.54, 1.807) is 6.26 Å². The number of aliphatic hydroxyl groups excluding tert-OH is 1. The van der Waals surface area contributed by atoms with Crippen LogP contribution in [-0.4, -0.2) is 18.3 Å². The van der Waals surface area contributed by atoms with Crippen molar-refractivity contribution in [1.29, 1.82) is 0 Å². The predicted molar refractivity (Wildman–Crippen MR) is 50.9 cm³/mol. The van der Waals surface area contributed by atoms with E-state index in [9.17, 15) is 0 Å². The van der Waals surface area contributed by atoms with Gasteiger partial charge in [0.15, 0.2) is 0 Å². The molecule has 0 heterocycles. The minimum absolute atomic E-state index is 0. The van der Waals surface area contributed by atoms with Crippen LogP contribution in [0.1, 0.15) is 39.0 Å². The molecule has 0 amide bonds. The number of allylic oxidation sites excluding steroid dienone is 1. The largest absolute Gasteiger partial charge is 0.499 e. The molecule has 13 heavy (non-hydrogen) atoms. The maximum Gasteiger partial charge on any atom is 0.110 e. The number of hydrogen-bond donors (Lipinski definition) is 1. The van der Waals surface area contributed by atoms with Crippen LogP contribution in [0.2, 0.25) is 0 Å². The van der Waals surface area contributed by atoms with Crippen LogP contribution in [0.4, 0.5) is 0 Å². The number of ether oxygens (including phenoxy) is 1. The second kappa shape index (κ2) is 14.7.